The predicted molar refractivity (Wildman–Crippen MR) is 84.0 cm³/mol. The quantitative estimate of drug-likeness (QED) is 0.770. The third-order valence-electron chi connectivity index (χ3n) is 4.14. The molecule has 0 bridgehead atoms. The summed E-state index contributed by atoms with van der Waals surface area (Å²) in [5, 5.41) is 0.264. The Morgan fingerprint density at radius 1 is 1.29 bits per heavy atom. The van der Waals surface area contributed by atoms with Crippen molar-refractivity contribution in [3.63, 3.8) is 0 Å². The minimum atomic E-state index is -4.30. The third kappa shape index (κ3) is 2.92. The highest BCUT2D eigenvalue weighted by Crippen LogP contribution is 2.34. The lowest BCUT2D eigenvalue weighted by atomic mass is 10.2. The van der Waals surface area contributed by atoms with E-state index >= 15 is 0 Å². The standard InChI is InChI=1S/C15H15F3N2O3S/c1-8-10(7-21)24-13-11(8)12(22)20(9-3-4-9)14(23)19(13)6-2-5-15(16,17)18/h7,9H,2-6H2,1H3. The Morgan fingerprint density at radius 3 is 2.50 bits per heavy atom. The van der Waals surface area contributed by atoms with Crippen molar-refractivity contribution in [3.05, 3.63) is 31.3 Å². The van der Waals surface area contributed by atoms with Crippen LogP contribution in [0.3, 0.4) is 0 Å². The molecular weight excluding hydrogens is 345 g/mol. The van der Waals surface area contributed by atoms with Crippen LogP contribution in [-0.4, -0.2) is 21.6 Å². The van der Waals surface area contributed by atoms with Crippen LogP contribution in [0.4, 0.5) is 13.2 Å². The molecule has 2 aromatic rings. The number of thiophene rings is 1. The normalized spacial score (nSPS) is 15.2. The van der Waals surface area contributed by atoms with Crippen LogP contribution in [0.2, 0.25) is 0 Å². The molecule has 0 atom stereocenters. The summed E-state index contributed by atoms with van der Waals surface area (Å²) < 4.78 is 39.5. The Bertz CT molecular complexity index is 919. The van der Waals surface area contributed by atoms with Gasteiger partial charge >= 0.3 is 11.9 Å². The molecule has 1 aliphatic carbocycles. The van der Waals surface area contributed by atoms with Crippen LogP contribution < -0.4 is 11.2 Å². The summed E-state index contributed by atoms with van der Waals surface area (Å²) in [5.41, 5.74) is -0.559. The summed E-state index contributed by atoms with van der Waals surface area (Å²) in [5.74, 6) is 0. The molecule has 130 valence electrons. The highest BCUT2D eigenvalue weighted by Gasteiger charge is 2.31. The van der Waals surface area contributed by atoms with Gasteiger partial charge in [-0.1, -0.05) is 0 Å². The number of halogens is 3. The van der Waals surface area contributed by atoms with E-state index in [9.17, 15) is 27.6 Å². The Labute approximate surface area is 138 Å². The number of rotatable bonds is 5. The number of carbonyl (C=O) groups is 1. The molecular formula is C15H15F3N2O3S. The van der Waals surface area contributed by atoms with E-state index in [1.165, 1.54) is 4.57 Å². The van der Waals surface area contributed by atoms with Crippen LogP contribution in [0.5, 0.6) is 0 Å². The lowest BCUT2D eigenvalue weighted by Gasteiger charge is -2.12. The number of fused-ring (bicyclic) bond motifs is 1. The van der Waals surface area contributed by atoms with Crippen LogP contribution in [0.1, 0.15) is 47.0 Å². The summed E-state index contributed by atoms with van der Waals surface area (Å²) in [4.78, 5) is 37.0. The lowest BCUT2D eigenvalue weighted by molar-refractivity contribution is -0.135. The maximum Gasteiger partial charge on any atom is 0.389 e. The zero-order valence-electron chi connectivity index (χ0n) is 12.9. The van der Waals surface area contributed by atoms with Gasteiger partial charge < -0.3 is 0 Å². The summed E-state index contributed by atoms with van der Waals surface area (Å²) in [6, 6.07) is -0.192. The first-order valence-corrected chi connectivity index (χ1v) is 8.36. The summed E-state index contributed by atoms with van der Waals surface area (Å²) in [6.07, 6.45) is -3.55. The second-order valence-corrected chi connectivity index (χ2v) is 6.98. The van der Waals surface area contributed by atoms with E-state index in [1.54, 1.807) is 6.92 Å². The van der Waals surface area contributed by atoms with Crippen LogP contribution in [-0.2, 0) is 6.54 Å². The minimum Gasteiger partial charge on any atom is -0.297 e. The van der Waals surface area contributed by atoms with Gasteiger partial charge in [0.2, 0.25) is 0 Å². The van der Waals surface area contributed by atoms with Crippen molar-refractivity contribution in [2.75, 3.05) is 0 Å². The Kier molecular flexibility index (Phi) is 4.15. The first kappa shape index (κ1) is 16.9. The number of nitrogens with zero attached hydrogens (tertiary/aromatic N) is 2. The summed E-state index contributed by atoms with van der Waals surface area (Å²) in [7, 11) is 0. The van der Waals surface area contributed by atoms with Crippen LogP contribution in [0.25, 0.3) is 10.2 Å². The average molecular weight is 360 g/mol. The van der Waals surface area contributed by atoms with Crippen molar-refractivity contribution in [3.8, 4) is 0 Å². The summed E-state index contributed by atoms with van der Waals surface area (Å²) >= 11 is 0.978. The molecule has 1 aliphatic rings. The Morgan fingerprint density at radius 2 is 1.96 bits per heavy atom. The molecule has 2 heterocycles. The number of hydrogen-bond acceptors (Lipinski definition) is 4. The van der Waals surface area contributed by atoms with Gasteiger partial charge in [-0.2, -0.15) is 13.2 Å². The molecule has 0 amide bonds. The van der Waals surface area contributed by atoms with E-state index in [2.05, 4.69) is 0 Å². The molecule has 2 aromatic heterocycles. The number of aromatic nitrogens is 2. The molecule has 3 rings (SSSR count). The molecule has 0 aromatic carbocycles. The second-order valence-electron chi connectivity index (χ2n) is 5.95. The van der Waals surface area contributed by atoms with E-state index in [0.717, 1.165) is 15.9 Å². The molecule has 0 aliphatic heterocycles. The van der Waals surface area contributed by atoms with Gasteiger partial charge in [-0.15, -0.1) is 11.3 Å². The fourth-order valence-corrected chi connectivity index (χ4v) is 3.92. The van der Waals surface area contributed by atoms with Crippen LogP contribution in [0, 0.1) is 6.92 Å². The van der Waals surface area contributed by atoms with E-state index in [4.69, 9.17) is 0 Å². The minimum absolute atomic E-state index is 0.139. The van der Waals surface area contributed by atoms with Gasteiger partial charge in [-0.25, -0.2) is 4.79 Å². The fraction of sp³-hybridized carbons (Fsp3) is 0.533. The van der Waals surface area contributed by atoms with Gasteiger partial charge in [-0.05, 0) is 31.7 Å². The van der Waals surface area contributed by atoms with E-state index in [1.807, 2.05) is 0 Å². The van der Waals surface area contributed by atoms with Crippen molar-refractivity contribution < 1.29 is 18.0 Å². The van der Waals surface area contributed by atoms with Crippen molar-refractivity contribution in [1.29, 1.82) is 0 Å². The fourth-order valence-electron chi connectivity index (χ4n) is 2.78. The molecule has 9 heteroatoms. The Balaban J connectivity index is 2.17. The highest BCUT2D eigenvalue weighted by atomic mass is 32.1. The van der Waals surface area contributed by atoms with Crippen molar-refractivity contribution in [1.82, 2.24) is 9.13 Å². The van der Waals surface area contributed by atoms with E-state index in [0.29, 0.717) is 29.6 Å². The largest absolute Gasteiger partial charge is 0.389 e. The molecule has 0 saturated heterocycles. The first-order valence-electron chi connectivity index (χ1n) is 7.55. The van der Waals surface area contributed by atoms with Crippen LogP contribution in [0.15, 0.2) is 9.59 Å². The van der Waals surface area contributed by atoms with Crippen molar-refractivity contribution in [2.24, 2.45) is 0 Å². The van der Waals surface area contributed by atoms with Gasteiger partial charge in [0.05, 0.1) is 10.3 Å². The van der Waals surface area contributed by atoms with Gasteiger partial charge in [0.15, 0.2) is 6.29 Å². The van der Waals surface area contributed by atoms with Gasteiger partial charge in [0, 0.05) is 19.0 Å². The van der Waals surface area contributed by atoms with E-state index in [-0.39, 0.29) is 29.2 Å². The molecule has 5 nitrogen and oxygen atoms in total. The topological polar surface area (TPSA) is 61.1 Å². The lowest BCUT2D eigenvalue weighted by Crippen LogP contribution is -2.39. The first-order chi connectivity index (χ1) is 11.2. The summed E-state index contributed by atoms with van der Waals surface area (Å²) in [6.45, 7) is 1.48. The number of alkyl halides is 3. The number of aldehydes is 1. The number of carbonyl (C=O) groups excluding carboxylic acids is 1. The van der Waals surface area contributed by atoms with Gasteiger partial charge in [0.1, 0.15) is 4.83 Å². The molecule has 1 fully saturated rings. The highest BCUT2D eigenvalue weighted by molar-refractivity contribution is 7.20. The monoisotopic (exact) mass is 360 g/mol. The Hall–Kier alpha value is -1.90. The second kappa shape index (κ2) is 5.87. The zero-order valence-corrected chi connectivity index (χ0v) is 13.7. The third-order valence-corrected chi connectivity index (χ3v) is 5.38. The molecule has 0 unspecified atom stereocenters. The SMILES string of the molecule is Cc1c(C=O)sc2c1c(=O)n(C1CC1)c(=O)n2CCCC(F)(F)F. The molecule has 1 saturated carbocycles. The molecule has 0 spiro atoms. The average Bonchev–Trinajstić information content (AvgIpc) is 3.25. The maximum atomic E-state index is 12.6. The smallest absolute Gasteiger partial charge is 0.297 e. The van der Waals surface area contributed by atoms with Crippen molar-refractivity contribution in [2.45, 2.75) is 51.4 Å². The molecule has 0 radical (unpaired) electrons. The van der Waals surface area contributed by atoms with Gasteiger partial charge in [-0.3, -0.25) is 18.7 Å². The molecule has 24 heavy (non-hydrogen) atoms. The molecule has 0 N–H and O–H groups in total. The van der Waals surface area contributed by atoms with Gasteiger partial charge in [0.25, 0.3) is 5.56 Å². The number of hydrogen-bond donors (Lipinski definition) is 0. The van der Waals surface area contributed by atoms with E-state index < -0.39 is 23.8 Å². The van der Waals surface area contributed by atoms with Crippen molar-refractivity contribution >= 4 is 27.8 Å². The maximum absolute atomic E-state index is 12.6. The number of aryl methyl sites for hydroxylation is 2. The predicted octanol–water partition coefficient (Wildman–Crippen LogP) is 3.02. The van der Waals surface area contributed by atoms with Crippen LogP contribution >= 0.6 is 11.3 Å². The zero-order chi connectivity index (χ0) is 17.6.